The van der Waals surface area contributed by atoms with Crippen molar-refractivity contribution in [3.05, 3.63) is 102 Å². The zero-order valence-corrected chi connectivity index (χ0v) is 18.6. The minimum absolute atomic E-state index is 0.694. The van der Waals surface area contributed by atoms with Crippen LogP contribution in [0.1, 0.15) is 19.4 Å². The minimum atomic E-state index is 0.694. The van der Waals surface area contributed by atoms with Crippen LogP contribution in [0, 0.1) is 0 Å². The Hall–Kier alpha value is -3.30. The van der Waals surface area contributed by atoms with Gasteiger partial charge in [0, 0.05) is 24.3 Å². The lowest BCUT2D eigenvalue weighted by Gasteiger charge is -2.22. The van der Waals surface area contributed by atoms with E-state index in [0.717, 1.165) is 35.7 Å². The summed E-state index contributed by atoms with van der Waals surface area (Å²) >= 11 is 6.60. The molecule has 4 heteroatoms. The number of nitrogens with zero attached hydrogens (tertiary/aromatic N) is 3. The molecule has 0 fully saturated rings. The van der Waals surface area contributed by atoms with Crippen LogP contribution in [0.15, 0.2) is 96.1 Å². The molecular weight excluding hydrogens is 402 g/mol. The van der Waals surface area contributed by atoms with E-state index in [9.17, 15) is 0 Å². The first-order chi connectivity index (χ1) is 15.2. The lowest BCUT2D eigenvalue weighted by Crippen LogP contribution is -2.21. The predicted octanol–water partition coefficient (Wildman–Crippen LogP) is 7.51. The van der Waals surface area contributed by atoms with Crippen molar-refractivity contribution in [3.63, 3.8) is 0 Å². The Bertz CT molecular complexity index is 1180. The van der Waals surface area contributed by atoms with Gasteiger partial charge in [-0.05, 0) is 67.1 Å². The average molecular weight is 428 g/mol. The van der Waals surface area contributed by atoms with Crippen molar-refractivity contribution < 1.29 is 0 Å². The van der Waals surface area contributed by atoms with Crippen LogP contribution >= 0.6 is 11.6 Å². The third-order valence-corrected chi connectivity index (χ3v) is 5.73. The van der Waals surface area contributed by atoms with Crippen LogP contribution in [0.4, 0.5) is 17.1 Å². The SMILES string of the molecule is CCN(CC)c1ccc(/C=N/N(c2ccccc2)c2ccc3ccccc3c2)c(Cl)c1. The number of para-hydroxylation sites is 1. The lowest BCUT2D eigenvalue weighted by molar-refractivity contribution is 0.866. The molecule has 0 aliphatic carbocycles. The zero-order valence-electron chi connectivity index (χ0n) is 17.9. The van der Waals surface area contributed by atoms with E-state index in [2.05, 4.69) is 79.4 Å². The largest absolute Gasteiger partial charge is 0.372 e. The Kier molecular flexibility index (Phi) is 6.54. The summed E-state index contributed by atoms with van der Waals surface area (Å²) in [5.41, 5.74) is 4.00. The van der Waals surface area contributed by atoms with Crippen LogP contribution in [0.3, 0.4) is 0 Å². The monoisotopic (exact) mass is 427 g/mol. The van der Waals surface area contributed by atoms with E-state index in [4.69, 9.17) is 16.7 Å². The normalized spacial score (nSPS) is 11.2. The molecule has 31 heavy (non-hydrogen) atoms. The first-order valence-corrected chi connectivity index (χ1v) is 11.0. The van der Waals surface area contributed by atoms with Crippen molar-refractivity contribution in [3.8, 4) is 0 Å². The summed E-state index contributed by atoms with van der Waals surface area (Å²) in [5, 5.41) is 9.85. The van der Waals surface area contributed by atoms with Crippen LogP contribution in [0.5, 0.6) is 0 Å². The highest BCUT2D eigenvalue weighted by atomic mass is 35.5. The number of fused-ring (bicyclic) bond motifs is 1. The molecule has 0 amide bonds. The molecule has 0 heterocycles. The Balaban J connectivity index is 1.70. The van der Waals surface area contributed by atoms with Crippen LogP contribution < -0.4 is 9.91 Å². The first-order valence-electron chi connectivity index (χ1n) is 10.6. The molecule has 0 radical (unpaired) electrons. The molecule has 3 nitrogen and oxygen atoms in total. The minimum Gasteiger partial charge on any atom is -0.372 e. The standard InChI is InChI=1S/C27H26ClN3/c1-3-30(4-2)25-16-15-23(27(28)19-25)20-29-31(24-12-6-5-7-13-24)26-17-14-21-10-8-9-11-22(21)18-26/h5-20H,3-4H2,1-2H3/b29-20+. The molecule has 0 unspecified atom stereocenters. The number of rotatable bonds is 7. The van der Waals surface area contributed by atoms with Gasteiger partial charge in [0.2, 0.25) is 0 Å². The molecular formula is C27H26ClN3. The fourth-order valence-corrected chi connectivity index (χ4v) is 3.91. The third-order valence-electron chi connectivity index (χ3n) is 5.40. The van der Waals surface area contributed by atoms with E-state index in [-0.39, 0.29) is 0 Å². The molecule has 0 aromatic heterocycles. The van der Waals surface area contributed by atoms with E-state index in [1.54, 1.807) is 0 Å². The Morgan fingerprint density at radius 2 is 1.39 bits per heavy atom. The van der Waals surface area contributed by atoms with Crippen molar-refractivity contribution in [1.82, 2.24) is 0 Å². The molecule has 4 aromatic rings. The van der Waals surface area contributed by atoms with Gasteiger partial charge in [0.15, 0.2) is 0 Å². The second kappa shape index (κ2) is 9.67. The van der Waals surface area contributed by atoms with E-state index in [1.807, 2.05) is 41.6 Å². The van der Waals surface area contributed by atoms with Gasteiger partial charge in [-0.25, -0.2) is 5.01 Å². The molecule has 0 saturated carbocycles. The Labute approximate surface area is 189 Å². The van der Waals surface area contributed by atoms with Gasteiger partial charge < -0.3 is 4.90 Å². The number of anilines is 3. The maximum absolute atomic E-state index is 6.60. The van der Waals surface area contributed by atoms with E-state index >= 15 is 0 Å². The molecule has 0 aliphatic rings. The summed E-state index contributed by atoms with van der Waals surface area (Å²) in [6.07, 6.45) is 1.83. The molecule has 0 spiro atoms. The van der Waals surface area contributed by atoms with Crippen LogP contribution in [0.25, 0.3) is 10.8 Å². The van der Waals surface area contributed by atoms with E-state index in [0.29, 0.717) is 5.02 Å². The van der Waals surface area contributed by atoms with Gasteiger partial charge >= 0.3 is 0 Å². The number of hydrogen-bond acceptors (Lipinski definition) is 3. The van der Waals surface area contributed by atoms with E-state index < -0.39 is 0 Å². The topological polar surface area (TPSA) is 18.8 Å². The summed E-state index contributed by atoms with van der Waals surface area (Å²) in [6, 6.07) is 31.0. The molecule has 0 atom stereocenters. The molecule has 0 saturated heterocycles. The maximum Gasteiger partial charge on any atom is 0.0659 e. The number of benzene rings is 4. The van der Waals surface area contributed by atoms with Gasteiger partial charge in [-0.1, -0.05) is 60.1 Å². The highest BCUT2D eigenvalue weighted by Gasteiger charge is 2.10. The quantitative estimate of drug-likeness (QED) is 0.224. The number of halogens is 1. The van der Waals surface area contributed by atoms with Crippen molar-refractivity contribution in [2.24, 2.45) is 5.10 Å². The molecule has 0 N–H and O–H groups in total. The van der Waals surface area contributed by atoms with Gasteiger partial charge in [-0.15, -0.1) is 0 Å². The van der Waals surface area contributed by atoms with Crippen LogP contribution in [-0.4, -0.2) is 19.3 Å². The number of hydrazone groups is 1. The third kappa shape index (κ3) is 4.73. The predicted molar refractivity (Wildman–Crippen MR) is 135 cm³/mol. The number of hydrogen-bond donors (Lipinski definition) is 0. The maximum atomic E-state index is 6.60. The van der Waals surface area contributed by atoms with Crippen molar-refractivity contribution in [1.29, 1.82) is 0 Å². The van der Waals surface area contributed by atoms with Crippen molar-refractivity contribution in [2.45, 2.75) is 13.8 Å². The molecule has 0 aliphatic heterocycles. The van der Waals surface area contributed by atoms with Crippen LogP contribution in [0.2, 0.25) is 5.02 Å². The van der Waals surface area contributed by atoms with Crippen molar-refractivity contribution in [2.75, 3.05) is 23.0 Å². The van der Waals surface area contributed by atoms with Gasteiger partial charge in [-0.3, -0.25) is 0 Å². The van der Waals surface area contributed by atoms with Crippen LogP contribution in [-0.2, 0) is 0 Å². The smallest absolute Gasteiger partial charge is 0.0659 e. The lowest BCUT2D eigenvalue weighted by atomic mass is 10.1. The molecule has 4 aromatic carbocycles. The summed E-state index contributed by atoms with van der Waals surface area (Å²) < 4.78 is 0. The molecule has 0 bridgehead atoms. The summed E-state index contributed by atoms with van der Waals surface area (Å²) in [6.45, 7) is 6.19. The highest BCUT2D eigenvalue weighted by Crippen LogP contribution is 2.29. The highest BCUT2D eigenvalue weighted by molar-refractivity contribution is 6.33. The summed E-state index contributed by atoms with van der Waals surface area (Å²) in [7, 11) is 0. The Morgan fingerprint density at radius 3 is 2.10 bits per heavy atom. The molecule has 156 valence electrons. The molecule has 4 rings (SSSR count). The first kappa shape index (κ1) is 21.0. The Morgan fingerprint density at radius 1 is 0.710 bits per heavy atom. The second-order valence-corrected chi connectivity index (χ2v) is 7.71. The van der Waals surface area contributed by atoms with Gasteiger partial charge in [0.1, 0.15) is 0 Å². The van der Waals surface area contributed by atoms with Gasteiger partial charge in [0.05, 0.1) is 22.6 Å². The fourth-order valence-electron chi connectivity index (χ4n) is 3.69. The fraction of sp³-hybridized carbons (Fsp3) is 0.148. The summed E-state index contributed by atoms with van der Waals surface area (Å²) in [4.78, 5) is 2.28. The average Bonchev–Trinajstić information content (AvgIpc) is 2.82. The zero-order chi connectivity index (χ0) is 21.6. The van der Waals surface area contributed by atoms with E-state index in [1.165, 1.54) is 10.8 Å². The van der Waals surface area contributed by atoms with Crippen molar-refractivity contribution >= 4 is 45.7 Å². The second-order valence-electron chi connectivity index (χ2n) is 7.30. The summed E-state index contributed by atoms with van der Waals surface area (Å²) in [5.74, 6) is 0. The van der Waals surface area contributed by atoms with Gasteiger partial charge in [-0.2, -0.15) is 5.10 Å². The van der Waals surface area contributed by atoms with Gasteiger partial charge in [0.25, 0.3) is 0 Å².